The van der Waals surface area contributed by atoms with Crippen molar-refractivity contribution in [1.29, 1.82) is 0 Å². The Morgan fingerprint density at radius 1 is 1.09 bits per heavy atom. The van der Waals surface area contributed by atoms with Crippen LogP contribution in [0.3, 0.4) is 0 Å². The van der Waals surface area contributed by atoms with Crippen LogP contribution in [0, 0.1) is 20.8 Å². The zero-order chi connectivity index (χ0) is 24.4. The van der Waals surface area contributed by atoms with E-state index in [0.717, 1.165) is 42.9 Å². The molecule has 0 atom stereocenters. The lowest BCUT2D eigenvalue weighted by Crippen LogP contribution is -2.34. The molecule has 0 saturated heterocycles. The first-order valence-electron chi connectivity index (χ1n) is 11.8. The molecule has 8 heteroatoms. The number of fused-ring (bicyclic) bond motifs is 1. The molecule has 0 N–H and O–H groups in total. The molecular weight excluding hydrogens is 446 g/mol. The third-order valence-electron chi connectivity index (χ3n) is 5.88. The summed E-state index contributed by atoms with van der Waals surface area (Å²) in [5.41, 5.74) is 5.21. The SMILES string of the molecule is CCCN(CCC)C(=O)Cc1csc2nc(C)c(-c3cc(C)n(-c4cccc(C)c4)n3)c(=O)n12. The molecule has 7 nitrogen and oxygen atoms in total. The molecular formula is C26H31N5O2S. The highest BCUT2D eigenvalue weighted by molar-refractivity contribution is 7.15. The van der Waals surface area contributed by atoms with E-state index in [4.69, 9.17) is 10.1 Å². The summed E-state index contributed by atoms with van der Waals surface area (Å²) in [7, 11) is 0. The lowest BCUT2D eigenvalue weighted by Gasteiger charge is -2.21. The van der Waals surface area contributed by atoms with Crippen molar-refractivity contribution in [1.82, 2.24) is 24.1 Å². The Balaban J connectivity index is 1.77. The van der Waals surface area contributed by atoms with Crippen LogP contribution in [0.1, 0.15) is 49.3 Å². The highest BCUT2D eigenvalue weighted by atomic mass is 32.1. The minimum absolute atomic E-state index is 0.0389. The van der Waals surface area contributed by atoms with E-state index in [9.17, 15) is 9.59 Å². The van der Waals surface area contributed by atoms with Gasteiger partial charge >= 0.3 is 0 Å². The van der Waals surface area contributed by atoms with E-state index in [1.165, 1.54) is 11.3 Å². The third-order valence-corrected chi connectivity index (χ3v) is 6.76. The summed E-state index contributed by atoms with van der Waals surface area (Å²) in [4.78, 5) is 33.8. The summed E-state index contributed by atoms with van der Waals surface area (Å²) in [6.07, 6.45) is 1.99. The predicted molar refractivity (Wildman–Crippen MR) is 137 cm³/mol. The first-order chi connectivity index (χ1) is 16.3. The average molecular weight is 478 g/mol. The Bertz CT molecular complexity index is 1390. The van der Waals surface area contributed by atoms with E-state index in [1.54, 1.807) is 4.40 Å². The van der Waals surface area contributed by atoms with Gasteiger partial charge in [0.05, 0.1) is 23.4 Å². The molecule has 4 rings (SSSR count). The topological polar surface area (TPSA) is 72.5 Å². The van der Waals surface area contributed by atoms with Gasteiger partial charge in [-0.2, -0.15) is 5.10 Å². The molecule has 0 spiro atoms. The van der Waals surface area contributed by atoms with Crippen LogP contribution in [-0.4, -0.2) is 43.1 Å². The normalized spacial score (nSPS) is 11.3. The van der Waals surface area contributed by atoms with Gasteiger partial charge in [-0.05, 0) is 57.4 Å². The fourth-order valence-corrected chi connectivity index (χ4v) is 5.24. The zero-order valence-corrected chi connectivity index (χ0v) is 21.3. The van der Waals surface area contributed by atoms with E-state index in [-0.39, 0.29) is 17.9 Å². The van der Waals surface area contributed by atoms with Gasteiger partial charge in [-0.3, -0.25) is 14.0 Å². The van der Waals surface area contributed by atoms with Crippen LogP contribution in [0.4, 0.5) is 0 Å². The number of aromatic nitrogens is 4. The molecule has 0 saturated carbocycles. The lowest BCUT2D eigenvalue weighted by molar-refractivity contribution is -0.130. The number of rotatable bonds is 8. The van der Waals surface area contributed by atoms with Crippen molar-refractivity contribution in [3.8, 4) is 16.9 Å². The van der Waals surface area contributed by atoms with Crippen molar-refractivity contribution in [2.24, 2.45) is 0 Å². The highest BCUT2D eigenvalue weighted by Crippen LogP contribution is 2.24. The second-order valence-corrected chi connectivity index (χ2v) is 9.54. The predicted octanol–water partition coefficient (Wildman–Crippen LogP) is 4.73. The standard InChI is InChI=1S/C26H31N5O2S/c1-6-11-29(12-7-2)23(32)15-21-16-34-26-27-19(5)24(25(33)30(21)26)22-14-18(4)31(28-22)20-10-8-9-17(3)13-20/h8-10,13-14,16H,6-7,11-12,15H2,1-5H3. The molecule has 4 aromatic rings. The molecule has 0 aliphatic heterocycles. The van der Waals surface area contributed by atoms with Gasteiger partial charge in [0, 0.05) is 29.9 Å². The molecule has 1 aromatic carbocycles. The maximum absolute atomic E-state index is 13.7. The number of carbonyl (C=O) groups excluding carboxylic acids is 1. The molecule has 0 bridgehead atoms. The lowest BCUT2D eigenvalue weighted by atomic mass is 10.1. The minimum atomic E-state index is -0.182. The van der Waals surface area contributed by atoms with Crippen molar-refractivity contribution >= 4 is 22.2 Å². The first-order valence-corrected chi connectivity index (χ1v) is 12.6. The quantitative estimate of drug-likeness (QED) is 0.368. The summed E-state index contributed by atoms with van der Waals surface area (Å²) < 4.78 is 3.43. The van der Waals surface area contributed by atoms with Gasteiger partial charge in [0.25, 0.3) is 5.56 Å². The highest BCUT2D eigenvalue weighted by Gasteiger charge is 2.21. The Morgan fingerprint density at radius 2 is 1.82 bits per heavy atom. The van der Waals surface area contributed by atoms with Crippen molar-refractivity contribution in [2.75, 3.05) is 13.1 Å². The van der Waals surface area contributed by atoms with Crippen molar-refractivity contribution < 1.29 is 4.79 Å². The second-order valence-electron chi connectivity index (χ2n) is 8.70. The molecule has 1 amide bonds. The van der Waals surface area contributed by atoms with Gasteiger partial charge in [0.2, 0.25) is 5.91 Å². The van der Waals surface area contributed by atoms with E-state index < -0.39 is 0 Å². The Hall–Kier alpha value is -3.26. The van der Waals surface area contributed by atoms with Gasteiger partial charge in [0.15, 0.2) is 4.96 Å². The molecule has 178 valence electrons. The fourth-order valence-electron chi connectivity index (χ4n) is 4.31. The average Bonchev–Trinajstić information content (AvgIpc) is 3.37. The fraction of sp³-hybridized carbons (Fsp3) is 0.385. The van der Waals surface area contributed by atoms with Crippen LogP contribution in [-0.2, 0) is 11.2 Å². The summed E-state index contributed by atoms with van der Waals surface area (Å²) in [6.45, 7) is 11.4. The van der Waals surface area contributed by atoms with Gasteiger partial charge in [0.1, 0.15) is 5.69 Å². The largest absolute Gasteiger partial charge is 0.342 e. The number of aryl methyl sites for hydroxylation is 3. The Labute approximate surface area is 203 Å². The number of nitrogens with zero attached hydrogens (tertiary/aromatic N) is 5. The number of amides is 1. The van der Waals surface area contributed by atoms with Crippen molar-refractivity contribution in [3.63, 3.8) is 0 Å². The molecule has 0 radical (unpaired) electrons. The van der Waals surface area contributed by atoms with Crippen LogP contribution < -0.4 is 5.56 Å². The summed E-state index contributed by atoms with van der Waals surface area (Å²) in [5, 5.41) is 6.64. The number of hydrogen-bond donors (Lipinski definition) is 0. The number of thiazole rings is 1. The van der Waals surface area contributed by atoms with Gasteiger partial charge in [-0.15, -0.1) is 11.3 Å². The maximum atomic E-state index is 13.7. The molecule has 34 heavy (non-hydrogen) atoms. The van der Waals surface area contributed by atoms with E-state index in [0.29, 0.717) is 27.6 Å². The van der Waals surface area contributed by atoms with Crippen molar-refractivity contribution in [3.05, 3.63) is 68.7 Å². The number of benzene rings is 1. The van der Waals surface area contributed by atoms with Crippen molar-refractivity contribution in [2.45, 2.75) is 53.9 Å². The molecule has 3 heterocycles. The summed E-state index contributed by atoms with van der Waals surface area (Å²) in [6, 6.07) is 10.0. The van der Waals surface area contributed by atoms with Crippen LogP contribution in [0.25, 0.3) is 21.9 Å². The van der Waals surface area contributed by atoms with E-state index >= 15 is 0 Å². The second kappa shape index (κ2) is 9.93. The third kappa shape index (κ3) is 4.55. The molecule has 0 fully saturated rings. The monoisotopic (exact) mass is 477 g/mol. The molecule has 0 aliphatic rings. The molecule has 3 aromatic heterocycles. The number of hydrogen-bond acceptors (Lipinski definition) is 5. The van der Waals surface area contributed by atoms with Gasteiger partial charge < -0.3 is 4.90 Å². The first kappa shape index (κ1) is 23.9. The Kier molecular flexibility index (Phi) is 6.97. The zero-order valence-electron chi connectivity index (χ0n) is 20.5. The van der Waals surface area contributed by atoms with Crippen LogP contribution in [0.2, 0.25) is 0 Å². The summed E-state index contributed by atoms with van der Waals surface area (Å²) in [5.74, 6) is 0.0389. The van der Waals surface area contributed by atoms with Gasteiger partial charge in [-0.25, -0.2) is 9.67 Å². The number of carbonyl (C=O) groups is 1. The van der Waals surface area contributed by atoms with Crippen LogP contribution in [0.15, 0.2) is 40.5 Å². The van der Waals surface area contributed by atoms with Crippen LogP contribution >= 0.6 is 11.3 Å². The van der Waals surface area contributed by atoms with E-state index in [1.807, 2.05) is 60.0 Å². The molecule has 0 aliphatic carbocycles. The Morgan fingerprint density at radius 3 is 2.50 bits per heavy atom. The smallest absolute Gasteiger partial charge is 0.268 e. The maximum Gasteiger partial charge on any atom is 0.268 e. The van der Waals surface area contributed by atoms with Crippen LogP contribution in [0.5, 0.6) is 0 Å². The van der Waals surface area contributed by atoms with Gasteiger partial charge in [-0.1, -0.05) is 26.0 Å². The summed E-state index contributed by atoms with van der Waals surface area (Å²) >= 11 is 1.39. The molecule has 0 unspecified atom stereocenters. The minimum Gasteiger partial charge on any atom is -0.342 e. The van der Waals surface area contributed by atoms with E-state index in [2.05, 4.69) is 19.9 Å².